The summed E-state index contributed by atoms with van der Waals surface area (Å²) in [5.74, 6) is 1.86. The number of hydrogen-bond donors (Lipinski definition) is 0. The van der Waals surface area contributed by atoms with E-state index in [1.54, 1.807) is 0 Å². The Morgan fingerprint density at radius 2 is 1.56 bits per heavy atom. The fraction of sp³-hybridized carbons (Fsp3) is 0.379. The lowest BCUT2D eigenvalue weighted by Gasteiger charge is -2.21. The quantitative estimate of drug-likeness (QED) is 0.294. The molecule has 0 amide bonds. The van der Waals surface area contributed by atoms with Crippen LogP contribution >= 0.6 is 0 Å². The maximum absolute atomic E-state index is 6.01. The first-order valence-electron chi connectivity index (χ1n) is 12.1. The predicted molar refractivity (Wildman–Crippen MR) is 132 cm³/mol. The molecular weight excluding hydrogens is 392 g/mol. The highest BCUT2D eigenvalue weighted by molar-refractivity contribution is 6.04. The summed E-state index contributed by atoms with van der Waals surface area (Å²) >= 11 is 0. The number of aryl methyl sites for hydroxylation is 3. The van der Waals surface area contributed by atoms with Gasteiger partial charge in [0.15, 0.2) is 0 Å². The second-order valence-corrected chi connectivity index (χ2v) is 9.34. The van der Waals surface area contributed by atoms with E-state index < -0.39 is 0 Å². The minimum atomic E-state index is 0.842. The molecule has 0 N–H and O–H groups in total. The van der Waals surface area contributed by atoms with Crippen molar-refractivity contribution in [3.63, 3.8) is 0 Å². The molecule has 0 atom stereocenters. The zero-order valence-electron chi connectivity index (χ0n) is 19.0. The van der Waals surface area contributed by atoms with Crippen molar-refractivity contribution in [3.8, 4) is 5.75 Å². The number of nitrogens with zero attached hydrogens (tertiary/aromatic N) is 2. The number of aromatic nitrogens is 2. The van der Waals surface area contributed by atoms with Crippen molar-refractivity contribution in [1.29, 1.82) is 0 Å². The molecular formula is C29H32N2O. The molecule has 0 spiro atoms. The summed E-state index contributed by atoms with van der Waals surface area (Å²) in [7, 11) is 0. The van der Waals surface area contributed by atoms with Crippen LogP contribution in [0.15, 0.2) is 60.9 Å². The van der Waals surface area contributed by atoms with Crippen LogP contribution in [0.1, 0.15) is 55.2 Å². The second-order valence-electron chi connectivity index (χ2n) is 9.34. The molecule has 0 aliphatic heterocycles. The summed E-state index contributed by atoms with van der Waals surface area (Å²) in [6.45, 7) is 2.95. The Morgan fingerprint density at radius 3 is 2.41 bits per heavy atom. The van der Waals surface area contributed by atoms with Gasteiger partial charge in [-0.25, -0.2) is 0 Å². The third-order valence-electron chi connectivity index (χ3n) is 6.89. The Kier molecular flexibility index (Phi) is 6.34. The maximum atomic E-state index is 6.01. The van der Waals surface area contributed by atoms with Crippen molar-refractivity contribution in [1.82, 2.24) is 9.97 Å². The lowest BCUT2D eigenvalue weighted by Crippen LogP contribution is -2.10. The first kappa shape index (κ1) is 20.9. The zero-order valence-corrected chi connectivity index (χ0v) is 19.0. The molecule has 2 aromatic heterocycles. The van der Waals surface area contributed by atoms with E-state index in [0.29, 0.717) is 0 Å². The minimum absolute atomic E-state index is 0.842. The number of benzene rings is 2. The highest BCUT2D eigenvalue weighted by atomic mass is 16.5. The van der Waals surface area contributed by atoms with Gasteiger partial charge in [-0.1, -0.05) is 56.4 Å². The molecule has 2 heterocycles. The van der Waals surface area contributed by atoms with Crippen LogP contribution in [0.25, 0.3) is 21.8 Å². The standard InChI is InChI=1S/C29H32N2O/c1-21-7-14-26-27-18-24(19-30-29(27)20-31-28(26)17-21)9-8-23-10-12-25(13-11-23)32-16-15-22-5-3-2-4-6-22/h7,10-14,17-20,22H,2-6,8-9,15-16H2,1H3. The first-order valence-corrected chi connectivity index (χ1v) is 12.1. The number of ether oxygens (including phenoxy) is 1. The van der Waals surface area contributed by atoms with Crippen LogP contribution < -0.4 is 4.74 Å². The fourth-order valence-electron chi connectivity index (χ4n) is 4.94. The van der Waals surface area contributed by atoms with Gasteiger partial charge in [-0.3, -0.25) is 9.97 Å². The van der Waals surface area contributed by atoms with E-state index in [4.69, 9.17) is 4.74 Å². The van der Waals surface area contributed by atoms with E-state index in [1.807, 2.05) is 12.4 Å². The normalized spacial score (nSPS) is 14.8. The lowest BCUT2D eigenvalue weighted by atomic mass is 9.87. The monoisotopic (exact) mass is 424 g/mol. The highest BCUT2D eigenvalue weighted by Gasteiger charge is 2.13. The average molecular weight is 425 g/mol. The van der Waals surface area contributed by atoms with Crippen LogP contribution in [0, 0.1) is 12.8 Å². The number of hydrogen-bond acceptors (Lipinski definition) is 3. The summed E-state index contributed by atoms with van der Waals surface area (Å²) in [5, 5.41) is 2.37. The Hall–Kier alpha value is -2.94. The molecule has 3 nitrogen and oxygen atoms in total. The van der Waals surface area contributed by atoms with Crippen LogP contribution in [-0.4, -0.2) is 16.6 Å². The largest absolute Gasteiger partial charge is 0.494 e. The van der Waals surface area contributed by atoms with Gasteiger partial charge in [0.05, 0.1) is 23.8 Å². The summed E-state index contributed by atoms with van der Waals surface area (Å²) in [6.07, 6.45) is 14.0. The SMILES string of the molecule is Cc1ccc2c(c1)ncc1ncc(CCc3ccc(OCCC4CCCCC4)cc3)cc12. The Morgan fingerprint density at radius 1 is 0.781 bits per heavy atom. The minimum Gasteiger partial charge on any atom is -0.494 e. The maximum Gasteiger partial charge on any atom is 0.119 e. The lowest BCUT2D eigenvalue weighted by molar-refractivity contribution is 0.246. The van der Waals surface area contributed by atoms with Gasteiger partial charge in [0.25, 0.3) is 0 Å². The van der Waals surface area contributed by atoms with Crippen molar-refractivity contribution in [2.45, 2.75) is 58.3 Å². The molecule has 3 heteroatoms. The van der Waals surface area contributed by atoms with Crippen LogP contribution in [0.5, 0.6) is 5.75 Å². The van der Waals surface area contributed by atoms with Crippen molar-refractivity contribution in [3.05, 3.63) is 77.6 Å². The van der Waals surface area contributed by atoms with Crippen LogP contribution in [0.2, 0.25) is 0 Å². The molecule has 32 heavy (non-hydrogen) atoms. The molecule has 164 valence electrons. The number of rotatable bonds is 7. The summed E-state index contributed by atoms with van der Waals surface area (Å²) < 4.78 is 6.01. The van der Waals surface area contributed by atoms with E-state index in [2.05, 4.69) is 65.4 Å². The first-order chi connectivity index (χ1) is 15.7. The van der Waals surface area contributed by atoms with Crippen LogP contribution in [-0.2, 0) is 12.8 Å². The van der Waals surface area contributed by atoms with E-state index in [9.17, 15) is 0 Å². The van der Waals surface area contributed by atoms with Gasteiger partial charge in [-0.05, 0) is 73.1 Å². The number of pyridine rings is 2. The van der Waals surface area contributed by atoms with Gasteiger partial charge in [-0.15, -0.1) is 0 Å². The molecule has 0 bridgehead atoms. The third kappa shape index (κ3) is 4.93. The summed E-state index contributed by atoms with van der Waals surface area (Å²) in [4.78, 5) is 9.24. The van der Waals surface area contributed by atoms with Crippen molar-refractivity contribution < 1.29 is 4.74 Å². The molecule has 0 radical (unpaired) electrons. The van der Waals surface area contributed by atoms with Gasteiger partial charge in [0, 0.05) is 17.0 Å². The average Bonchev–Trinajstić information content (AvgIpc) is 2.84. The fourth-order valence-corrected chi connectivity index (χ4v) is 4.94. The molecule has 5 rings (SSSR count). The Balaban J connectivity index is 1.20. The molecule has 1 fully saturated rings. The molecule has 1 aliphatic rings. The third-order valence-corrected chi connectivity index (χ3v) is 6.89. The van der Waals surface area contributed by atoms with E-state index in [-0.39, 0.29) is 0 Å². The molecule has 4 aromatic rings. The smallest absolute Gasteiger partial charge is 0.119 e. The Labute approximate surface area is 190 Å². The molecule has 2 aromatic carbocycles. The topological polar surface area (TPSA) is 35.0 Å². The van der Waals surface area contributed by atoms with Gasteiger partial charge >= 0.3 is 0 Å². The van der Waals surface area contributed by atoms with Crippen molar-refractivity contribution in [2.75, 3.05) is 6.61 Å². The Bertz CT molecular complexity index is 1190. The number of fused-ring (bicyclic) bond motifs is 3. The highest BCUT2D eigenvalue weighted by Crippen LogP contribution is 2.27. The summed E-state index contributed by atoms with van der Waals surface area (Å²) in [5.41, 5.74) is 5.82. The van der Waals surface area contributed by atoms with Gasteiger partial charge in [-0.2, -0.15) is 0 Å². The van der Waals surface area contributed by atoms with Crippen LogP contribution in [0.3, 0.4) is 0 Å². The predicted octanol–water partition coefficient (Wildman–Crippen LogP) is 7.23. The van der Waals surface area contributed by atoms with Gasteiger partial charge < -0.3 is 4.74 Å². The molecule has 0 saturated heterocycles. The second kappa shape index (κ2) is 9.68. The van der Waals surface area contributed by atoms with Gasteiger partial charge in [0.2, 0.25) is 0 Å². The zero-order chi connectivity index (χ0) is 21.8. The van der Waals surface area contributed by atoms with Crippen molar-refractivity contribution >= 4 is 21.8 Å². The van der Waals surface area contributed by atoms with Crippen molar-refractivity contribution in [2.24, 2.45) is 5.92 Å². The van der Waals surface area contributed by atoms with Crippen LogP contribution in [0.4, 0.5) is 0 Å². The van der Waals surface area contributed by atoms with E-state index in [0.717, 1.165) is 42.1 Å². The summed E-state index contributed by atoms with van der Waals surface area (Å²) in [6, 6.07) is 17.4. The molecule has 1 saturated carbocycles. The van der Waals surface area contributed by atoms with E-state index in [1.165, 1.54) is 66.0 Å². The molecule has 1 aliphatic carbocycles. The molecule has 0 unspecified atom stereocenters. The van der Waals surface area contributed by atoms with Gasteiger partial charge in [0.1, 0.15) is 5.75 Å². The van der Waals surface area contributed by atoms with E-state index >= 15 is 0 Å².